The second-order valence-electron chi connectivity index (χ2n) is 8.57. The number of carbonyl (C=O) groups is 1. The summed E-state index contributed by atoms with van der Waals surface area (Å²) in [7, 11) is 0. The van der Waals surface area contributed by atoms with Gasteiger partial charge in [-0.2, -0.15) is 0 Å². The van der Waals surface area contributed by atoms with Gasteiger partial charge in [-0.1, -0.05) is 66.7 Å². The molecule has 0 saturated carbocycles. The van der Waals surface area contributed by atoms with Gasteiger partial charge in [0.05, 0.1) is 5.69 Å². The van der Waals surface area contributed by atoms with Crippen LogP contribution in [0.5, 0.6) is 0 Å². The van der Waals surface area contributed by atoms with Crippen LogP contribution in [0, 0.1) is 0 Å². The Morgan fingerprint density at radius 3 is 2.15 bits per heavy atom. The molecule has 0 radical (unpaired) electrons. The number of β-lactam (4-membered cyclic amide) rings is 1. The summed E-state index contributed by atoms with van der Waals surface area (Å²) in [6.07, 6.45) is 3.99. The van der Waals surface area contributed by atoms with Crippen molar-refractivity contribution in [3.8, 4) is 0 Å². The number of aromatic nitrogens is 1. The van der Waals surface area contributed by atoms with E-state index in [-0.39, 0.29) is 18.0 Å². The Labute approximate surface area is 195 Å². The summed E-state index contributed by atoms with van der Waals surface area (Å²) in [5.74, 6) is 0.134. The fourth-order valence-corrected chi connectivity index (χ4v) is 6.19. The minimum absolute atomic E-state index is 0.0271. The summed E-state index contributed by atoms with van der Waals surface area (Å²) in [6, 6.07) is 31.5. The minimum Gasteiger partial charge on any atom is -0.340 e. The number of benzene rings is 4. The van der Waals surface area contributed by atoms with Crippen LogP contribution in [0.3, 0.4) is 0 Å². The number of thiophene rings is 1. The summed E-state index contributed by atoms with van der Waals surface area (Å²) in [6.45, 7) is 0. The number of fused-ring (bicyclic) bond motifs is 5. The second kappa shape index (κ2) is 7.06. The van der Waals surface area contributed by atoms with Crippen molar-refractivity contribution >= 4 is 55.2 Å². The number of rotatable bonds is 3. The van der Waals surface area contributed by atoms with Crippen LogP contribution in [-0.4, -0.2) is 10.5 Å². The van der Waals surface area contributed by atoms with Gasteiger partial charge in [0.15, 0.2) is 0 Å². The maximum absolute atomic E-state index is 13.7. The van der Waals surface area contributed by atoms with E-state index >= 15 is 0 Å². The normalized spacial score (nSPS) is 18.3. The predicted molar refractivity (Wildman–Crippen MR) is 137 cm³/mol. The van der Waals surface area contributed by atoms with Crippen LogP contribution in [0.4, 0.5) is 5.69 Å². The van der Waals surface area contributed by atoms with E-state index in [0.717, 1.165) is 11.1 Å². The average molecular weight is 445 g/mol. The summed E-state index contributed by atoms with van der Waals surface area (Å²) in [5, 5.41) is 9.21. The van der Waals surface area contributed by atoms with Crippen molar-refractivity contribution in [2.75, 3.05) is 4.90 Å². The molecule has 3 heterocycles. The van der Waals surface area contributed by atoms with E-state index in [2.05, 4.69) is 84.2 Å². The molecule has 1 amide bonds. The quantitative estimate of drug-likeness (QED) is 0.207. The van der Waals surface area contributed by atoms with E-state index in [1.54, 1.807) is 11.3 Å². The third-order valence-electron chi connectivity index (χ3n) is 6.86. The highest BCUT2D eigenvalue weighted by Gasteiger charge is 2.50. The number of hydrogen-bond acceptors (Lipinski definition) is 2. The lowest BCUT2D eigenvalue weighted by molar-refractivity contribution is -0.129. The van der Waals surface area contributed by atoms with Gasteiger partial charge >= 0.3 is 0 Å². The summed E-state index contributed by atoms with van der Waals surface area (Å²) < 4.78 is 2.04. The van der Waals surface area contributed by atoms with Gasteiger partial charge in [-0.3, -0.25) is 9.69 Å². The van der Waals surface area contributed by atoms with Crippen LogP contribution >= 0.6 is 11.3 Å². The first-order valence-electron chi connectivity index (χ1n) is 11.1. The van der Waals surface area contributed by atoms with E-state index < -0.39 is 0 Å². The molecular formula is C29H20N2OS. The third-order valence-corrected chi connectivity index (χ3v) is 7.80. The van der Waals surface area contributed by atoms with Crippen molar-refractivity contribution < 1.29 is 4.79 Å². The fraction of sp³-hybridized carbons (Fsp3) is 0.0690. The van der Waals surface area contributed by atoms with Crippen LogP contribution in [0.2, 0.25) is 0 Å². The van der Waals surface area contributed by atoms with Gasteiger partial charge in [0.1, 0.15) is 12.1 Å². The molecule has 7 rings (SSSR count). The zero-order chi connectivity index (χ0) is 21.9. The van der Waals surface area contributed by atoms with Crippen LogP contribution in [-0.2, 0) is 4.79 Å². The van der Waals surface area contributed by atoms with Crippen molar-refractivity contribution in [3.05, 3.63) is 114 Å². The first-order valence-corrected chi connectivity index (χ1v) is 12.0. The molecule has 4 heteroatoms. The van der Waals surface area contributed by atoms with Crippen LogP contribution in [0.1, 0.15) is 17.0 Å². The molecule has 3 nitrogen and oxygen atoms in total. The standard InChI is InChI=1S/C29H20N2OS/c32-29-28(30-15-5-6-16-30)27(26-12-7-17-33-26)31(29)25-18-24-20-9-2-1-8-19(20)13-14-22(24)21-10-3-4-11-23(21)25/h1-18,27-28H/t27-,28-/m1/s1. The summed E-state index contributed by atoms with van der Waals surface area (Å²) in [4.78, 5) is 16.9. The molecular weight excluding hydrogens is 424 g/mol. The summed E-state index contributed by atoms with van der Waals surface area (Å²) in [5.41, 5.74) is 0.987. The lowest BCUT2D eigenvalue weighted by Crippen LogP contribution is -2.55. The van der Waals surface area contributed by atoms with Gasteiger partial charge in [0.2, 0.25) is 0 Å². The molecule has 0 N–H and O–H groups in total. The Balaban J connectivity index is 1.52. The van der Waals surface area contributed by atoms with E-state index in [1.807, 2.05) is 34.0 Å². The van der Waals surface area contributed by atoms with Gasteiger partial charge in [0, 0.05) is 22.7 Å². The zero-order valence-corrected chi connectivity index (χ0v) is 18.6. The van der Waals surface area contributed by atoms with Crippen LogP contribution in [0.15, 0.2) is 109 Å². The summed E-state index contributed by atoms with van der Waals surface area (Å²) >= 11 is 1.71. The van der Waals surface area contributed by atoms with E-state index in [0.29, 0.717) is 0 Å². The minimum atomic E-state index is -0.222. The molecule has 0 spiro atoms. The SMILES string of the molecule is O=C1[C@H](n2cccc2)[C@@H](c2cccs2)N1c1cc2c3ccccc3ccc2c2ccccc12. The molecule has 2 aromatic heterocycles. The Bertz CT molecular complexity index is 1650. The molecule has 33 heavy (non-hydrogen) atoms. The molecule has 158 valence electrons. The molecule has 2 atom stereocenters. The van der Waals surface area contributed by atoms with Crippen molar-refractivity contribution in [2.45, 2.75) is 12.1 Å². The third kappa shape index (κ3) is 2.65. The van der Waals surface area contributed by atoms with Crippen molar-refractivity contribution in [2.24, 2.45) is 0 Å². The smallest absolute Gasteiger partial charge is 0.253 e. The maximum Gasteiger partial charge on any atom is 0.253 e. The Hall–Kier alpha value is -3.89. The molecule has 1 aliphatic rings. The second-order valence-corrected chi connectivity index (χ2v) is 9.55. The number of carbonyl (C=O) groups excluding carboxylic acids is 1. The first-order chi connectivity index (χ1) is 16.3. The highest BCUT2D eigenvalue weighted by Crippen LogP contribution is 2.50. The fourth-order valence-electron chi connectivity index (χ4n) is 5.35. The monoisotopic (exact) mass is 444 g/mol. The Kier molecular flexibility index (Phi) is 3.99. The van der Waals surface area contributed by atoms with Gasteiger partial charge in [-0.05, 0) is 56.6 Å². The molecule has 0 bridgehead atoms. The van der Waals surface area contributed by atoms with Crippen LogP contribution in [0.25, 0.3) is 32.3 Å². The number of nitrogens with zero attached hydrogens (tertiary/aromatic N) is 2. The van der Waals surface area contributed by atoms with Gasteiger partial charge in [-0.15, -0.1) is 11.3 Å². The molecule has 0 unspecified atom stereocenters. The molecule has 1 saturated heterocycles. The van der Waals surface area contributed by atoms with Crippen molar-refractivity contribution in [1.29, 1.82) is 0 Å². The van der Waals surface area contributed by atoms with E-state index in [9.17, 15) is 4.79 Å². The van der Waals surface area contributed by atoms with Crippen LogP contribution < -0.4 is 4.90 Å². The first kappa shape index (κ1) is 18.7. The van der Waals surface area contributed by atoms with Crippen molar-refractivity contribution in [3.63, 3.8) is 0 Å². The van der Waals surface area contributed by atoms with Gasteiger partial charge in [-0.25, -0.2) is 0 Å². The highest BCUT2D eigenvalue weighted by atomic mass is 32.1. The molecule has 1 fully saturated rings. The predicted octanol–water partition coefficient (Wildman–Crippen LogP) is 7.34. The van der Waals surface area contributed by atoms with Gasteiger partial charge in [0.25, 0.3) is 5.91 Å². The topological polar surface area (TPSA) is 25.2 Å². The van der Waals surface area contributed by atoms with Crippen molar-refractivity contribution in [1.82, 2.24) is 4.57 Å². The zero-order valence-electron chi connectivity index (χ0n) is 17.8. The Morgan fingerprint density at radius 1 is 0.636 bits per heavy atom. The Morgan fingerprint density at radius 2 is 1.36 bits per heavy atom. The number of amides is 1. The number of hydrogen-bond donors (Lipinski definition) is 0. The molecule has 0 aliphatic carbocycles. The van der Waals surface area contributed by atoms with E-state index in [4.69, 9.17) is 0 Å². The van der Waals surface area contributed by atoms with Gasteiger partial charge < -0.3 is 4.57 Å². The average Bonchev–Trinajstić information content (AvgIpc) is 3.57. The molecule has 4 aromatic carbocycles. The molecule has 1 aliphatic heterocycles. The lowest BCUT2D eigenvalue weighted by Gasteiger charge is -2.47. The maximum atomic E-state index is 13.7. The lowest BCUT2D eigenvalue weighted by atomic mass is 9.89. The largest absolute Gasteiger partial charge is 0.340 e. The molecule has 6 aromatic rings. The number of anilines is 1. The van der Waals surface area contributed by atoms with E-state index in [1.165, 1.54) is 31.8 Å². The highest BCUT2D eigenvalue weighted by molar-refractivity contribution is 7.10.